The molecule has 1 fully saturated rings. The number of aliphatic hydroxyl groups excluding tert-OH is 1. The van der Waals surface area contributed by atoms with Gasteiger partial charge in [-0.2, -0.15) is 0 Å². The van der Waals surface area contributed by atoms with Crippen LogP contribution in [-0.4, -0.2) is 41.8 Å². The number of hydrogen-bond acceptors (Lipinski definition) is 3. The van der Waals surface area contributed by atoms with Gasteiger partial charge in [0, 0.05) is 18.7 Å². The quantitative estimate of drug-likeness (QED) is 0.791. The highest BCUT2D eigenvalue weighted by Gasteiger charge is 2.35. The molecule has 0 radical (unpaired) electrons. The molecule has 0 aromatic rings. The van der Waals surface area contributed by atoms with Crippen molar-refractivity contribution in [1.82, 2.24) is 4.90 Å². The molecule has 0 aliphatic carbocycles. The maximum atomic E-state index is 9.19. The van der Waals surface area contributed by atoms with Crippen LogP contribution in [-0.2, 0) is 0 Å². The number of aliphatic hydroxyl groups is 1. The molecule has 3 nitrogen and oxygen atoms in total. The molecule has 0 amide bonds. The lowest BCUT2D eigenvalue weighted by Gasteiger charge is -2.46. The fourth-order valence-corrected chi connectivity index (χ4v) is 3.10. The lowest BCUT2D eigenvalue weighted by atomic mass is 9.79. The van der Waals surface area contributed by atoms with E-state index in [1.807, 2.05) is 0 Å². The molecule has 0 aromatic carbocycles. The molecule has 0 bridgehead atoms. The molecular weight excluding hydrogens is 212 g/mol. The standard InChI is InChI=1S/C14H30N2O/c1-5-12(15)13(14(2,3)4)16-8-6-11(10-17)7-9-16/h11-13,17H,5-10,15H2,1-4H3. The first-order valence-corrected chi connectivity index (χ1v) is 7.00. The van der Waals surface area contributed by atoms with Crippen LogP contribution in [0.2, 0.25) is 0 Å². The lowest BCUT2D eigenvalue weighted by molar-refractivity contribution is 0.0357. The average Bonchev–Trinajstić information content (AvgIpc) is 2.28. The molecule has 2 unspecified atom stereocenters. The van der Waals surface area contributed by atoms with Crippen molar-refractivity contribution in [2.75, 3.05) is 19.7 Å². The highest BCUT2D eigenvalue weighted by Crippen LogP contribution is 2.30. The molecule has 2 atom stereocenters. The number of nitrogens with two attached hydrogens (primary N) is 1. The van der Waals surface area contributed by atoms with E-state index in [9.17, 15) is 5.11 Å². The smallest absolute Gasteiger partial charge is 0.0460 e. The molecule has 0 saturated carbocycles. The van der Waals surface area contributed by atoms with E-state index in [0.29, 0.717) is 18.6 Å². The third-order valence-corrected chi connectivity index (χ3v) is 4.06. The second kappa shape index (κ2) is 6.17. The van der Waals surface area contributed by atoms with Gasteiger partial charge < -0.3 is 10.8 Å². The van der Waals surface area contributed by atoms with Gasteiger partial charge in [-0.15, -0.1) is 0 Å². The Morgan fingerprint density at radius 1 is 1.29 bits per heavy atom. The predicted molar refractivity (Wildman–Crippen MR) is 72.9 cm³/mol. The summed E-state index contributed by atoms with van der Waals surface area (Å²) in [5.41, 5.74) is 6.53. The van der Waals surface area contributed by atoms with Gasteiger partial charge in [0.1, 0.15) is 0 Å². The van der Waals surface area contributed by atoms with Gasteiger partial charge in [0.2, 0.25) is 0 Å². The van der Waals surface area contributed by atoms with Gasteiger partial charge in [0.15, 0.2) is 0 Å². The Bertz CT molecular complexity index is 217. The number of likely N-dealkylation sites (tertiary alicyclic amines) is 1. The minimum absolute atomic E-state index is 0.224. The van der Waals surface area contributed by atoms with E-state index in [-0.39, 0.29) is 11.5 Å². The monoisotopic (exact) mass is 242 g/mol. The number of nitrogens with zero attached hydrogens (tertiary/aromatic N) is 1. The van der Waals surface area contributed by atoms with Crippen LogP contribution >= 0.6 is 0 Å². The van der Waals surface area contributed by atoms with Gasteiger partial charge in [-0.3, -0.25) is 4.90 Å². The summed E-state index contributed by atoms with van der Waals surface area (Å²) in [6.45, 7) is 11.5. The van der Waals surface area contributed by atoms with Crippen LogP contribution < -0.4 is 5.73 Å². The summed E-state index contributed by atoms with van der Waals surface area (Å²) < 4.78 is 0. The number of piperidine rings is 1. The van der Waals surface area contributed by atoms with Gasteiger partial charge in [-0.1, -0.05) is 27.7 Å². The van der Waals surface area contributed by atoms with Crippen molar-refractivity contribution in [3.63, 3.8) is 0 Å². The highest BCUT2D eigenvalue weighted by atomic mass is 16.3. The van der Waals surface area contributed by atoms with Crippen molar-refractivity contribution in [3.8, 4) is 0 Å². The van der Waals surface area contributed by atoms with Crippen molar-refractivity contribution in [1.29, 1.82) is 0 Å². The van der Waals surface area contributed by atoms with E-state index in [0.717, 1.165) is 32.4 Å². The second-order valence-electron chi connectivity index (χ2n) is 6.54. The lowest BCUT2D eigenvalue weighted by Crippen LogP contribution is -2.56. The van der Waals surface area contributed by atoms with Gasteiger partial charge in [-0.25, -0.2) is 0 Å². The zero-order valence-corrected chi connectivity index (χ0v) is 11.9. The first-order valence-electron chi connectivity index (χ1n) is 7.00. The van der Waals surface area contributed by atoms with Crippen LogP contribution in [0.3, 0.4) is 0 Å². The third kappa shape index (κ3) is 3.94. The van der Waals surface area contributed by atoms with E-state index in [1.54, 1.807) is 0 Å². The Balaban J connectivity index is 2.66. The summed E-state index contributed by atoms with van der Waals surface area (Å²) in [5.74, 6) is 0.504. The van der Waals surface area contributed by atoms with Crippen LogP contribution in [0.5, 0.6) is 0 Å². The summed E-state index contributed by atoms with van der Waals surface area (Å²) in [7, 11) is 0. The van der Waals surface area contributed by atoms with Gasteiger partial charge >= 0.3 is 0 Å². The minimum atomic E-state index is 0.224. The predicted octanol–water partition coefficient (Wildman–Crippen LogP) is 1.84. The minimum Gasteiger partial charge on any atom is -0.396 e. The summed E-state index contributed by atoms with van der Waals surface area (Å²) in [5, 5.41) is 9.19. The molecule has 3 heteroatoms. The maximum Gasteiger partial charge on any atom is 0.0460 e. The van der Waals surface area contributed by atoms with E-state index in [1.165, 1.54) is 0 Å². The molecular formula is C14H30N2O. The van der Waals surface area contributed by atoms with Crippen molar-refractivity contribution >= 4 is 0 Å². The molecule has 0 spiro atoms. The first-order chi connectivity index (χ1) is 7.90. The van der Waals surface area contributed by atoms with Crippen molar-refractivity contribution < 1.29 is 5.11 Å². The van der Waals surface area contributed by atoms with E-state index >= 15 is 0 Å². The summed E-state index contributed by atoms with van der Waals surface area (Å²) in [6.07, 6.45) is 3.25. The molecule has 1 aliphatic heterocycles. The Morgan fingerprint density at radius 3 is 2.18 bits per heavy atom. The molecule has 3 N–H and O–H groups in total. The fraction of sp³-hybridized carbons (Fsp3) is 1.00. The average molecular weight is 242 g/mol. The van der Waals surface area contributed by atoms with E-state index in [4.69, 9.17) is 5.73 Å². The van der Waals surface area contributed by atoms with Crippen LogP contribution in [0.25, 0.3) is 0 Å². The normalized spacial score (nSPS) is 23.6. The van der Waals surface area contributed by atoms with Gasteiger partial charge in [0.25, 0.3) is 0 Å². The Hall–Kier alpha value is -0.120. The Kier molecular flexibility index (Phi) is 5.42. The van der Waals surface area contributed by atoms with Crippen LogP contribution in [0.15, 0.2) is 0 Å². The number of hydrogen-bond donors (Lipinski definition) is 2. The zero-order valence-electron chi connectivity index (χ0n) is 11.9. The molecule has 0 aromatic heterocycles. The number of rotatable bonds is 4. The van der Waals surface area contributed by atoms with Gasteiger partial charge in [-0.05, 0) is 43.7 Å². The SMILES string of the molecule is CCC(N)C(N1CCC(CO)CC1)C(C)(C)C. The van der Waals surface area contributed by atoms with Crippen LogP contribution in [0, 0.1) is 11.3 Å². The molecule has 17 heavy (non-hydrogen) atoms. The third-order valence-electron chi connectivity index (χ3n) is 4.06. The van der Waals surface area contributed by atoms with Gasteiger partial charge in [0.05, 0.1) is 0 Å². The van der Waals surface area contributed by atoms with Crippen LogP contribution in [0.4, 0.5) is 0 Å². The summed E-state index contributed by atoms with van der Waals surface area (Å²) in [6, 6.07) is 0.702. The Labute approximate surface area is 106 Å². The summed E-state index contributed by atoms with van der Waals surface area (Å²) in [4.78, 5) is 2.54. The van der Waals surface area contributed by atoms with E-state index in [2.05, 4.69) is 32.6 Å². The zero-order chi connectivity index (χ0) is 13.1. The van der Waals surface area contributed by atoms with Crippen molar-refractivity contribution in [2.45, 2.75) is 59.0 Å². The molecule has 1 aliphatic rings. The topological polar surface area (TPSA) is 49.5 Å². The molecule has 1 saturated heterocycles. The first kappa shape index (κ1) is 14.9. The van der Waals surface area contributed by atoms with Crippen LogP contribution in [0.1, 0.15) is 47.0 Å². The van der Waals surface area contributed by atoms with Crippen molar-refractivity contribution in [3.05, 3.63) is 0 Å². The molecule has 102 valence electrons. The summed E-state index contributed by atoms with van der Waals surface area (Å²) >= 11 is 0. The van der Waals surface area contributed by atoms with E-state index < -0.39 is 0 Å². The second-order valence-corrected chi connectivity index (χ2v) is 6.54. The maximum absolute atomic E-state index is 9.19. The largest absolute Gasteiger partial charge is 0.396 e. The molecule has 1 heterocycles. The highest BCUT2D eigenvalue weighted by molar-refractivity contribution is 4.92. The molecule has 1 rings (SSSR count). The van der Waals surface area contributed by atoms with Crippen molar-refractivity contribution in [2.24, 2.45) is 17.1 Å². The fourth-order valence-electron chi connectivity index (χ4n) is 3.10. The Morgan fingerprint density at radius 2 is 1.82 bits per heavy atom.